The second-order valence-electron chi connectivity index (χ2n) is 5.65. The Morgan fingerprint density at radius 3 is 2.70 bits per heavy atom. The highest BCUT2D eigenvalue weighted by atomic mass is 35.5. The van der Waals surface area contributed by atoms with Crippen molar-refractivity contribution < 1.29 is 22.7 Å². The highest BCUT2D eigenvalue weighted by molar-refractivity contribution is 6.32. The van der Waals surface area contributed by atoms with E-state index < -0.39 is 17.7 Å². The maximum absolute atomic E-state index is 12.8. The number of carbonyl (C=O) groups excluding carboxylic acids is 1. The number of ether oxygens (including phenoxy) is 1. The quantitative estimate of drug-likeness (QED) is 0.586. The lowest BCUT2D eigenvalue weighted by Crippen LogP contribution is -2.14. The average molecular weight is 401 g/mol. The van der Waals surface area contributed by atoms with Crippen LogP contribution in [0, 0.1) is 11.3 Å². The van der Waals surface area contributed by atoms with Crippen LogP contribution in [0.5, 0.6) is 0 Å². The van der Waals surface area contributed by atoms with Gasteiger partial charge in [0.25, 0.3) is 0 Å². The standard InChI is InChI=1S/C17H16ClF3N4O2/c1-2-3-6-27-15(26)8-14-11(9-22)16(23)24-25(14)13-5-4-10(7-12(13)18)17(19,20)21/h4-5,7H,2-3,6,8H2,1H3,(H2,23,24). The number of hydrogen-bond donors (Lipinski definition) is 1. The molecule has 0 radical (unpaired) electrons. The molecule has 1 heterocycles. The first-order valence-corrected chi connectivity index (χ1v) is 8.37. The number of unbranched alkanes of at least 4 members (excludes halogenated alkanes) is 1. The molecule has 0 amide bonds. The molecule has 0 aliphatic heterocycles. The number of halogens is 4. The van der Waals surface area contributed by atoms with Gasteiger partial charge in [0, 0.05) is 0 Å². The molecule has 6 nitrogen and oxygen atoms in total. The van der Waals surface area contributed by atoms with E-state index in [1.54, 1.807) is 0 Å². The molecular weight excluding hydrogens is 385 g/mol. The number of nitrogen functional groups attached to an aromatic ring is 1. The van der Waals surface area contributed by atoms with Crippen molar-refractivity contribution >= 4 is 23.4 Å². The summed E-state index contributed by atoms with van der Waals surface area (Å²) in [7, 11) is 0. The molecule has 2 N–H and O–H groups in total. The van der Waals surface area contributed by atoms with E-state index in [1.165, 1.54) is 0 Å². The van der Waals surface area contributed by atoms with Gasteiger partial charge in [0.1, 0.15) is 11.6 Å². The lowest BCUT2D eigenvalue weighted by atomic mass is 10.1. The van der Waals surface area contributed by atoms with E-state index in [-0.39, 0.29) is 40.8 Å². The highest BCUT2D eigenvalue weighted by Gasteiger charge is 2.31. The lowest BCUT2D eigenvalue weighted by molar-refractivity contribution is -0.143. The van der Waals surface area contributed by atoms with Crippen molar-refractivity contribution in [3.63, 3.8) is 0 Å². The van der Waals surface area contributed by atoms with E-state index in [0.717, 1.165) is 29.3 Å². The molecular formula is C17H16ClF3N4O2. The summed E-state index contributed by atoms with van der Waals surface area (Å²) in [6.07, 6.45) is -3.37. The fraction of sp³-hybridized carbons (Fsp3) is 0.353. The predicted octanol–water partition coefficient (Wildman–Crippen LogP) is 3.88. The Hall–Kier alpha value is -2.73. The summed E-state index contributed by atoms with van der Waals surface area (Å²) in [6, 6.07) is 4.51. The molecule has 10 heteroatoms. The monoisotopic (exact) mass is 400 g/mol. The van der Waals surface area contributed by atoms with Crippen molar-refractivity contribution in [3.05, 3.63) is 40.0 Å². The molecule has 0 unspecified atom stereocenters. The van der Waals surface area contributed by atoms with Crippen LogP contribution in [0.1, 0.15) is 36.6 Å². The van der Waals surface area contributed by atoms with Gasteiger partial charge in [0.15, 0.2) is 5.82 Å². The molecule has 0 saturated carbocycles. The molecule has 1 aromatic carbocycles. The van der Waals surface area contributed by atoms with Crippen LogP contribution in [-0.4, -0.2) is 22.4 Å². The van der Waals surface area contributed by atoms with Gasteiger partial charge in [-0.05, 0) is 24.6 Å². The maximum Gasteiger partial charge on any atom is 0.416 e. The highest BCUT2D eigenvalue weighted by Crippen LogP contribution is 2.34. The van der Waals surface area contributed by atoms with Crippen LogP contribution in [0.2, 0.25) is 5.02 Å². The van der Waals surface area contributed by atoms with Crippen molar-refractivity contribution in [1.82, 2.24) is 9.78 Å². The minimum atomic E-state index is -4.56. The summed E-state index contributed by atoms with van der Waals surface area (Å²) in [4.78, 5) is 12.0. The van der Waals surface area contributed by atoms with E-state index >= 15 is 0 Å². The minimum absolute atomic E-state index is 0.0570. The van der Waals surface area contributed by atoms with Gasteiger partial charge in [-0.15, -0.1) is 5.10 Å². The van der Waals surface area contributed by atoms with Gasteiger partial charge in [0.05, 0.1) is 35.0 Å². The molecule has 144 valence electrons. The number of nitrogens with zero attached hydrogens (tertiary/aromatic N) is 3. The summed E-state index contributed by atoms with van der Waals surface area (Å²) >= 11 is 5.98. The van der Waals surface area contributed by atoms with Crippen LogP contribution in [0.4, 0.5) is 19.0 Å². The normalized spacial score (nSPS) is 11.3. The third kappa shape index (κ3) is 4.71. The Morgan fingerprint density at radius 2 is 2.15 bits per heavy atom. The Labute approximate surface area is 158 Å². The zero-order valence-electron chi connectivity index (χ0n) is 14.3. The topological polar surface area (TPSA) is 93.9 Å². The maximum atomic E-state index is 12.8. The van der Waals surface area contributed by atoms with E-state index in [4.69, 9.17) is 22.1 Å². The van der Waals surface area contributed by atoms with E-state index in [9.17, 15) is 23.2 Å². The van der Waals surface area contributed by atoms with Crippen molar-refractivity contribution in [2.24, 2.45) is 0 Å². The molecule has 0 spiro atoms. The summed E-state index contributed by atoms with van der Waals surface area (Å²) in [5.74, 6) is -0.769. The molecule has 0 aliphatic carbocycles. The van der Waals surface area contributed by atoms with Crippen LogP contribution in [0.3, 0.4) is 0 Å². The predicted molar refractivity (Wildman–Crippen MR) is 92.3 cm³/mol. The first-order chi connectivity index (χ1) is 12.7. The smallest absolute Gasteiger partial charge is 0.416 e. The first kappa shape index (κ1) is 20.6. The Balaban J connectivity index is 2.43. The zero-order valence-corrected chi connectivity index (χ0v) is 15.1. The van der Waals surface area contributed by atoms with Crippen LogP contribution < -0.4 is 5.73 Å². The third-order valence-electron chi connectivity index (χ3n) is 3.70. The van der Waals surface area contributed by atoms with Crippen LogP contribution in [-0.2, 0) is 22.1 Å². The van der Waals surface area contributed by atoms with Crippen molar-refractivity contribution in [1.29, 1.82) is 5.26 Å². The number of benzene rings is 1. The Morgan fingerprint density at radius 1 is 1.44 bits per heavy atom. The molecule has 1 aromatic heterocycles. The van der Waals surface area contributed by atoms with E-state index in [2.05, 4.69) is 5.10 Å². The molecule has 0 saturated heterocycles. The third-order valence-corrected chi connectivity index (χ3v) is 4.00. The number of nitriles is 1. The second kappa shape index (κ2) is 8.31. The number of hydrogen-bond acceptors (Lipinski definition) is 5. The van der Waals surface area contributed by atoms with Crippen LogP contribution in [0.15, 0.2) is 18.2 Å². The Bertz CT molecular complexity index is 888. The van der Waals surface area contributed by atoms with Gasteiger partial charge in [-0.1, -0.05) is 24.9 Å². The number of aromatic nitrogens is 2. The van der Waals surface area contributed by atoms with E-state index in [1.807, 2.05) is 13.0 Å². The van der Waals surface area contributed by atoms with Crippen LogP contribution in [0.25, 0.3) is 5.69 Å². The number of nitrogens with two attached hydrogens (primary N) is 1. The molecule has 0 atom stereocenters. The summed E-state index contributed by atoms with van der Waals surface area (Å²) in [6.45, 7) is 2.16. The van der Waals surface area contributed by atoms with Crippen LogP contribution >= 0.6 is 11.6 Å². The molecule has 27 heavy (non-hydrogen) atoms. The number of anilines is 1. The number of carbonyl (C=O) groups is 1. The van der Waals surface area contributed by atoms with Gasteiger partial charge in [-0.25, -0.2) is 4.68 Å². The summed E-state index contributed by atoms with van der Waals surface area (Å²) in [5.41, 5.74) is 4.88. The molecule has 0 aliphatic rings. The fourth-order valence-electron chi connectivity index (χ4n) is 2.33. The van der Waals surface area contributed by atoms with Gasteiger partial charge in [-0.2, -0.15) is 18.4 Å². The molecule has 2 aromatic rings. The van der Waals surface area contributed by atoms with Crippen molar-refractivity contribution in [3.8, 4) is 11.8 Å². The SMILES string of the molecule is CCCCOC(=O)Cc1c(C#N)c(N)nn1-c1ccc(C(F)(F)F)cc1Cl. The number of esters is 1. The average Bonchev–Trinajstić information content (AvgIpc) is 2.89. The van der Waals surface area contributed by atoms with Crippen molar-refractivity contribution in [2.75, 3.05) is 12.3 Å². The summed E-state index contributed by atoms with van der Waals surface area (Å²) in [5, 5.41) is 13.0. The molecule has 0 fully saturated rings. The largest absolute Gasteiger partial charge is 0.465 e. The zero-order chi connectivity index (χ0) is 20.2. The molecule has 0 bridgehead atoms. The lowest BCUT2D eigenvalue weighted by Gasteiger charge is -2.12. The Kier molecular flexibility index (Phi) is 6.33. The van der Waals surface area contributed by atoms with Gasteiger partial charge < -0.3 is 10.5 Å². The second-order valence-corrected chi connectivity index (χ2v) is 6.05. The van der Waals surface area contributed by atoms with Crippen molar-refractivity contribution in [2.45, 2.75) is 32.4 Å². The van der Waals surface area contributed by atoms with Gasteiger partial charge in [0.2, 0.25) is 0 Å². The number of rotatable bonds is 6. The molecule has 2 rings (SSSR count). The van der Waals surface area contributed by atoms with Gasteiger partial charge >= 0.3 is 12.1 Å². The van der Waals surface area contributed by atoms with E-state index in [0.29, 0.717) is 6.42 Å². The summed E-state index contributed by atoms with van der Waals surface area (Å²) < 4.78 is 44.6. The first-order valence-electron chi connectivity index (χ1n) is 7.99. The minimum Gasteiger partial charge on any atom is -0.465 e. The number of alkyl halides is 3. The van der Waals surface area contributed by atoms with Gasteiger partial charge in [-0.3, -0.25) is 4.79 Å². The fourth-order valence-corrected chi connectivity index (χ4v) is 2.59.